The summed E-state index contributed by atoms with van der Waals surface area (Å²) in [6.45, 7) is 1.88. The van der Waals surface area contributed by atoms with Gasteiger partial charge in [0.25, 0.3) is 0 Å². The first-order valence-corrected chi connectivity index (χ1v) is 6.29. The zero-order valence-electron chi connectivity index (χ0n) is 9.74. The number of hydrogen-bond acceptors (Lipinski definition) is 2. The summed E-state index contributed by atoms with van der Waals surface area (Å²) >= 11 is 3.20. The van der Waals surface area contributed by atoms with Crippen molar-refractivity contribution in [2.45, 2.75) is 19.5 Å². The topological polar surface area (TPSA) is 49.4 Å². The quantitative estimate of drug-likeness (QED) is 0.898. The molecule has 1 unspecified atom stereocenters. The van der Waals surface area contributed by atoms with E-state index in [0.717, 1.165) is 0 Å². The van der Waals surface area contributed by atoms with E-state index >= 15 is 0 Å². The van der Waals surface area contributed by atoms with Crippen molar-refractivity contribution in [3.8, 4) is 0 Å². The van der Waals surface area contributed by atoms with Gasteiger partial charge < -0.3 is 10.2 Å². The Hall–Kier alpha value is -1.43. The highest BCUT2D eigenvalue weighted by atomic mass is 79.9. The zero-order valence-corrected chi connectivity index (χ0v) is 11.3. The van der Waals surface area contributed by atoms with Crippen LogP contribution in [-0.2, 0) is 16.1 Å². The molecule has 1 saturated heterocycles. The molecule has 6 heteroatoms. The van der Waals surface area contributed by atoms with E-state index in [1.165, 1.54) is 17.0 Å². The third kappa shape index (κ3) is 2.69. The van der Waals surface area contributed by atoms with Gasteiger partial charge in [0.05, 0.1) is 6.54 Å². The minimum Gasteiger partial charge on any atom is -0.345 e. The SMILES string of the molecule is CC1C(=O)NCC(=O)N1Cc1cc(F)cc(Br)c1. The average molecular weight is 315 g/mol. The molecule has 0 saturated carbocycles. The number of halogens is 2. The Morgan fingerprint density at radius 2 is 2.17 bits per heavy atom. The van der Waals surface area contributed by atoms with Crippen molar-refractivity contribution in [2.24, 2.45) is 0 Å². The van der Waals surface area contributed by atoms with Gasteiger partial charge in [0, 0.05) is 11.0 Å². The molecular formula is C12H12BrFN2O2. The van der Waals surface area contributed by atoms with Crippen molar-refractivity contribution in [1.82, 2.24) is 10.2 Å². The van der Waals surface area contributed by atoms with E-state index in [1.54, 1.807) is 13.0 Å². The summed E-state index contributed by atoms with van der Waals surface area (Å²) in [4.78, 5) is 24.7. The summed E-state index contributed by atoms with van der Waals surface area (Å²) in [5.41, 5.74) is 0.650. The monoisotopic (exact) mass is 314 g/mol. The molecular weight excluding hydrogens is 303 g/mol. The second kappa shape index (κ2) is 5.06. The minimum absolute atomic E-state index is 0.000339. The lowest BCUT2D eigenvalue weighted by Gasteiger charge is -2.32. The van der Waals surface area contributed by atoms with Gasteiger partial charge in [-0.15, -0.1) is 0 Å². The van der Waals surface area contributed by atoms with Gasteiger partial charge in [0.1, 0.15) is 11.9 Å². The predicted octanol–water partition coefficient (Wildman–Crippen LogP) is 1.44. The van der Waals surface area contributed by atoms with Crippen LogP contribution in [-0.4, -0.2) is 29.3 Å². The summed E-state index contributed by atoms with van der Waals surface area (Å²) in [5, 5.41) is 2.51. The van der Waals surface area contributed by atoms with E-state index in [1.807, 2.05) is 0 Å². The maximum atomic E-state index is 13.2. The summed E-state index contributed by atoms with van der Waals surface area (Å²) in [5.74, 6) is -0.728. The largest absolute Gasteiger partial charge is 0.345 e. The number of amides is 2. The van der Waals surface area contributed by atoms with Gasteiger partial charge in [-0.1, -0.05) is 15.9 Å². The van der Waals surface area contributed by atoms with Crippen LogP contribution in [0.5, 0.6) is 0 Å². The number of benzene rings is 1. The fourth-order valence-electron chi connectivity index (χ4n) is 1.89. The predicted molar refractivity (Wildman–Crippen MR) is 67.1 cm³/mol. The molecule has 1 aromatic rings. The molecule has 0 aliphatic carbocycles. The Kier molecular flexibility index (Phi) is 3.65. The maximum Gasteiger partial charge on any atom is 0.242 e. The smallest absolute Gasteiger partial charge is 0.242 e. The van der Waals surface area contributed by atoms with E-state index in [2.05, 4.69) is 21.2 Å². The summed E-state index contributed by atoms with van der Waals surface area (Å²) in [6.07, 6.45) is 0. The van der Waals surface area contributed by atoms with Gasteiger partial charge in [0.15, 0.2) is 0 Å². The van der Waals surface area contributed by atoms with E-state index in [0.29, 0.717) is 10.0 Å². The number of rotatable bonds is 2. The number of nitrogens with zero attached hydrogens (tertiary/aromatic N) is 1. The molecule has 2 amide bonds. The van der Waals surface area contributed by atoms with Crippen molar-refractivity contribution in [3.63, 3.8) is 0 Å². The lowest BCUT2D eigenvalue weighted by Crippen LogP contribution is -2.56. The summed E-state index contributed by atoms with van der Waals surface area (Å²) < 4.78 is 13.9. The number of piperazine rings is 1. The van der Waals surface area contributed by atoms with Crippen LogP contribution in [0.2, 0.25) is 0 Å². The van der Waals surface area contributed by atoms with Crippen LogP contribution in [0, 0.1) is 5.82 Å². The van der Waals surface area contributed by atoms with E-state index < -0.39 is 6.04 Å². The molecule has 2 rings (SSSR count). The normalized spacial score (nSPS) is 19.9. The Morgan fingerprint density at radius 1 is 1.44 bits per heavy atom. The highest BCUT2D eigenvalue weighted by molar-refractivity contribution is 9.10. The van der Waals surface area contributed by atoms with Crippen molar-refractivity contribution >= 4 is 27.7 Å². The molecule has 1 atom stereocenters. The van der Waals surface area contributed by atoms with Gasteiger partial charge in [-0.05, 0) is 30.7 Å². The van der Waals surface area contributed by atoms with E-state index in [4.69, 9.17) is 0 Å². The molecule has 1 N–H and O–H groups in total. The number of carbonyl (C=O) groups is 2. The molecule has 1 heterocycles. The van der Waals surface area contributed by atoms with Crippen LogP contribution in [0.4, 0.5) is 4.39 Å². The molecule has 1 aromatic carbocycles. The van der Waals surface area contributed by atoms with Gasteiger partial charge in [-0.25, -0.2) is 4.39 Å². The van der Waals surface area contributed by atoms with Gasteiger partial charge >= 0.3 is 0 Å². The average Bonchev–Trinajstić information content (AvgIpc) is 2.28. The Labute approximate surface area is 112 Å². The first kappa shape index (κ1) is 13.0. The molecule has 1 fully saturated rings. The molecule has 0 bridgehead atoms. The first-order chi connectivity index (χ1) is 8.47. The molecule has 18 heavy (non-hydrogen) atoms. The molecule has 0 aromatic heterocycles. The van der Waals surface area contributed by atoms with Crippen molar-refractivity contribution < 1.29 is 14.0 Å². The van der Waals surface area contributed by atoms with Crippen LogP contribution in [0.1, 0.15) is 12.5 Å². The van der Waals surface area contributed by atoms with Gasteiger partial charge in [-0.3, -0.25) is 9.59 Å². The lowest BCUT2D eigenvalue weighted by atomic mass is 10.1. The number of hydrogen-bond donors (Lipinski definition) is 1. The second-order valence-corrected chi connectivity index (χ2v) is 5.11. The Balaban J connectivity index is 2.21. The fraction of sp³-hybridized carbons (Fsp3) is 0.333. The Bertz CT molecular complexity index is 487. The van der Waals surface area contributed by atoms with Crippen molar-refractivity contribution in [3.05, 3.63) is 34.1 Å². The van der Waals surface area contributed by atoms with Crippen LogP contribution >= 0.6 is 15.9 Å². The van der Waals surface area contributed by atoms with Crippen LogP contribution in [0.15, 0.2) is 22.7 Å². The summed E-state index contributed by atoms with van der Waals surface area (Å²) in [6, 6.07) is 3.90. The van der Waals surface area contributed by atoms with Crippen molar-refractivity contribution in [1.29, 1.82) is 0 Å². The molecule has 0 spiro atoms. The van der Waals surface area contributed by atoms with E-state index in [9.17, 15) is 14.0 Å². The van der Waals surface area contributed by atoms with Crippen LogP contribution in [0.25, 0.3) is 0 Å². The zero-order chi connectivity index (χ0) is 13.3. The first-order valence-electron chi connectivity index (χ1n) is 5.49. The lowest BCUT2D eigenvalue weighted by molar-refractivity contribution is -0.145. The standard InChI is InChI=1S/C12H12BrFN2O2/c1-7-12(18)15-5-11(17)16(7)6-8-2-9(13)4-10(14)3-8/h2-4,7H,5-6H2,1H3,(H,15,18). The number of nitrogens with one attached hydrogen (secondary N) is 1. The van der Waals surface area contributed by atoms with Crippen LogP contribution < -0.4 is 5.32 Å². The number of carbonyl (C=O) groups excluding carboxylic acids is 2. The second-order valence-electron chi connectivity index (χ2n) is 4.19. The Morgan fingerprint density at radius 3 is 2.83 bits per heavy atom. The third-order valence-corrected chi connectivity index (χ3v) is 3.31. The van der Waals surface area contributed by atoms with E-state index in [-0.39, 0.29) is 30.7 Å². The van der Waals surface area contributed by atoms with Crippen LogP contribution in [0.3, 0.4) is 0 Å². The molecule has 1 aliphatic rings. The molecule has 4 nitrogen and oxygen atoms in total. The molecule has 96 valence electrons. The van der Waals surface area contributed by atoms with Gasteiger partial charge in [-0.2, -0.15) is 0 Å². The third-order valence-electron chi connectivity index (χ3n) is 2.86. The maximum absolute atomic E-state index is 13.2. The summed E-state index contributed by atoms with van der Waals surface area (Å²) in [7, 11) is 0. The molecule has 0 radical (unpaired) electrons. The minimum atomic E-state index is -0.534. The fourth-order valence-corrected chi connectivity index (χ4v) is 2.41. The van der Waals surface area contributed by atoms with Gasteiger partial charge in [0.2, 0.25) is 11.8 Å². The molecule has 1 aliphatic heterocycles. The highest BCUT2D eigenvalue weighted by Gasteiger charge is 2.30. The van der Waals surface area contributed by atoms with Crippen molar-refractivity contribution in [2.75, 3.05) is 6.54 Å². The highest BCUT2D eigenvalue weighted by Crippen LogP contribution is 2.18.